The maximum atomic E-state index is 9.09. The molecule has 0 amide bonds. The van der Waals surface area contributed by atoms with Crippen LogP contribution in [-0.2, 0) is 6.54 Å². The molecule has 0 unspecified atom stereocenters. The SMILES string of the molecule is Cc1ccc(C)c(N=c2scc(C)n2CCO)c1. The lowest BCUT2D eigenvalue weighted by atomic mass is 10.1. The summed E-state index contributed by atoms with van der Waals surface area (Å²) in [5, 5.41) is 11.2. The van der Waals surface area contributed by atoms with Crippen molar-refractivity contribution >= 4 is 17.0 Å². The zero-order chi connectivity index (χ0) is 13.1. The molecule has 0 radical (unpaired) electrons. The lowest BCUT2D eigenvalue weighted by Gasteiger charge is -2.04. The summed E-state index contributed by atoms with van der Waals surface area (Å²) < 4.78 is 2.05. The van der Waals surface area contributed by atoms with E-state index in [4.69, 9.17) is 10.1 Å². The van der Waals surface area contributed by atoms with Crippen molar-refractivity contribution in [1.82, 2.24) is 4.57 Å². The van der Waals surface area contributed by atoms with Crippen molar-refractivity contribution in [3.05, 3.63) is 45.2 Å². The molecule has 0 saturated heterocycles. The van der Waals surface area contributed by atoms with Gasteiger partial charge in [0, 0.05) is 17.6 Å². The van der Waals surface area contributed by atoms with Gasteiger partial charge in [-0.3, -0.25) is 0 Å². The van der Waals surface area contributed by atoms with Gasteiger partial charge in [-0.15, -0.1) is 11.3 Å². The average molecular weight is 262 g/mol. The van der Waals surface area contributed by atoms with Gasteiger partial charge in [-0.25, -0.2) is 4.99 Å². The van der Waals surface area contributed by atoms with E-state index in [0.29, 0.717) is 6.54 Å². The standard InChI is InChI=1S/C14H18N2OS/c1-10-4-5-11(2)13(8-10)15-14-16(6-7-17)12(3)9-18-14/h4-5,8-9,17H,6-7H2,1-3H3. The Bertz CT molecular complexity index is 610. The van der Waals surface area contributed by atoms with Crippen molar-refractivity contribution in [2.45, 2.75) is 27.3 Å². The fourth-order valence-corrected chi connectivity index (χ4v) is 2.73. The van der Waals surface area contributed by atoms with Crippen molar-refractivity contribution in [1.29, 1.82) is 0 Å². The van der Waals surface area contributed by atoms with Gasteiger partial charge in [-0.1, -0.05) is 12.1 Å². The second-order valence-corrected chi connectivity index (χ2v) is 5.27. The lowest BCUT2D eigenvalue weighted by molar-refractivity contribution is 0.273. The number of thiazole rings is 1. The highest BCUT2D eigenvalue weighted by Crippen LogP contribution is 2.19. The number of hydrogen-bond acceptors (Lipinski definition) is 3. The van der Waals surface area contributed by atoms with E-state index in [1.165, 1.54) is 11.1 Å². The zero-order valence-corrected chi connectivity index (χ0v) is 11.8. The van der Waals surface area contributed by atoms with Gasteiger partial charge in [0.25, 0.3) is 0 Å². The van der Waals surface area contributed by atoms with Gasteiger partial charge >= 0.3 is 0 Å². The maximum absolute atomic E-state index is 9.09. The van der Waals surface area contributed by atoms with Crippen molar-refractivity contribution in [2.75, 3.05) is 6.61 Å². The summed E-state index contributed by atoms with van der Waals surface area (Å²) in [7, 11) is 0. The van der Waals surface area contributed by atoms with Crippen LogP contribution in [0.5, 0.6) is 0 Å². The van der Waals surface area contributed by atoms with Crippen molar-refractivity contribution < 1.29 is 5.11 Å². The maximum Gasteiger partial charge on any atom is 0.190 e. The number of benzene rings is 1. The highest BCUT2D eigenvalue weighted by molar-refractivity contribution is 7.07. The Balaban J connectivity index is 2.53. The normalized spacial score (nSPS) is 12.1. The van der Waals surface area contributed by atoms with E-state index >= 15 is 0 Å². The Morgan fingerprint density at radius 1 is 1.28 bits per heavy atom. The minimum absolute atomic E-state index is 0.136. The molecule has 4 heteroatoms. The van der Waals surface area contributed by atoms with E-state index in [1.54, 1.807) is 11.3 Å². The van der Waals surface area contributed by atoms with E-state index in [1.807, 2.05) is 11.5 Å². The fourth-order valence-electron chi connectivity index (χ4n) is 1.82. The summed E-state index contributed by atoms with van der Waals surface area (Å²) in [6, 6.07) is 6.27. The summed E-state index contributed by atoms with van der Waals surface area (Å²) in [6.45, 7) is 6.90. The number of aliphatic hydroxyl groups excluding tert-OH is 1. The quantitative estimate of drug-likeness (QED) is 0.907. The Labute approximate surface area is 111 Å². The summed E-state index contributed by atoms with van der Waals surface area (Å²) in [4.78, 5) is 5.65. The minimum Gasteiger partial charge on any atom is -0.395 e. The van der Waals surface area contributed by atoms with Crippen molar-refractivity contribution in [3.63, 3.8) is 0 Å². The molecule has 0 aliphatic rings. The molecule has 1 N–H and O–H groups in total. The van der Waals surface area contributed by atoms with Crippen molar-refractivity contribution in [3.8, 4) is 0 Å². The number of nitrogens with zero attached hydrogens (tertiary/aromatic N) is 2. The first-order chi connectivity index (χ1) is 8.61. The molecule has 0 atom stereocenters. The second kappa shape index (κ2) is 5.50. The molecule has 3 nitrogen and oxygen atoms in total. The van der Waals surface area contributed by atoms with Gasteiger partial charge in [-0.2, -0.15) is 0 Å². The molecule has 0 fully saturated rings. The van der Waals surface area contributed by atoms with Crippen LogP contribution in [0, 0.1) is 20.8 Å². The first kappa shape index (κ1) is 13.1. The van der Waals surface area contributed by atoms with Crippen LogP contribution in [0.4, 0.5) is 5.69 Å². The van der Waals surface area contributed by atoms with Crippen LogP contribution in [0.3, 0.4) is 0 Å². The predicted octanol–water partition coefficient (Wildman–Crippen LogP) is 2.70. The second-order valence-electron chi connectivity index (χ2n) is 4.44. The van der Waals surface area contributed by atoms with Gasteiger partial charge in [0.1, 0.15) is 0 Å². The predicted molar refractivity (Wildman–Crippen MR) is 75.3 cm³/mol. The molecular formula is C14H18N2OS. The van der Waals surface area contributed by atoms with Crippen LogP contribution >= 0.6 is 11.3 Å². The van der Waals surface area contributed by atoms with Crippen LogP contribution in [0.2, 0.25) is 0 Å². The third-order valence-electron chi connectivity index (χ3n) is 2.90. The van der Waals surface area contributed by atoms with Crippen LogP contribution in [-0.4, -0.2) is 16.3 Å². The van der Waals surface area contributed by atoms with Crippen LogP contribution in [0.1, 0.15) is 16.8 Å². The third-order valence-corrected chi connectivity index (χ3v) is 3.88. The topological polar surface area (TPSA) is 37.5 Å². The van der Waals surface area contributed by atoms with E-state index in [0.717, 1.165) is 16.2 Å². The number of aryl methyl sites for hydroxylation is 3. The molecule has 2 rings (SSSR count). The van der Waals surface area contributed by atoms with Gasteiger partial charge < -0.3 is 9.67 Å². The average Bonchev–Trinajstić information content (AvgIpc) is 2.67. The molecule has 1 aromatic heterocycles. The van der Waals surface area contributed by atoms with Crippen LogP contribution in [0.25, 0.3) is 0 Å². The smallest absolute Gasteiger partial charge is 0.190 e. The molecule has 0 saturated carbocycles. The summed E-state index contributed by atoms with van der Waals surface area (Å²) in [6.07, 6.45) is 0. The first-order valence-corrected chi connectivity index (χ1v) is 6.87. The molecule has 0 aliphatic heterocycles. The molecule has 96 valence electrons. The molecule has 2 aromatic rings. The number of hydrogen-bond donors (Lipinski definition) is 1. The van der Waals surface area contributed by atoms with Crippen molar-refractivity contribution in [2.24, 2.45) is 4.99 Å². The van der Waals surface area contributed by atoms with E-state index in [-0.39, 0.29) is 6.61 Å². The van der Waals surface area contributed by atoms with E-state index < -0.39 is 0 Å². The van der Waals surface area contributed by atoms with Crippen LogP contribution < -0.4 is 4.80 Å². The van der Waals surface area contributed by atoms with Gasteiger partial charge in [0.05, 0.1) is 12.3 Å². The summed E-state index contributed by atoms with van der Waals surface area (Å²) >= 11 is 1.61. The monoisotopic (exact) mass is 262 g/mol. The minimum atomic E-state index is 0.136. The van der Waals surface area contributed by atoms with Crippen LogP contribution in [0.15, 0.2) is 28.6 Å². The molecule has 1 aromatic carbocycles. The van der Waals surface area contributed by atoms with Gasteiger partial charge in [-0.05, 0) is 38.0 Å². The lowest BCUT2D eigenvalue weighted by Crippen LogP contribution is -2.18. The van der Waals surface area contributed by atoms with Gasteiger partial charge in [0.15, 0.2) is 4.80 Å². The highest BCUT2D eigenvalue weighted by atomic mass is 32.1. The number of rotatable bonds is 3. The van der Waals surface area contributed by atoms with E-state index in [9.17, 15) is 0 Å². The number of aliphatic hydroxyl groups is 1. The third kappa shape index (κ3) is 2.71. The molecule has 0 bridgehead atoms. The zero-order valence-electron chi connectivity index (χ0n) is 11.0. The Morgan fingerprint density at radius 3 is 2.78 bits per heavy atom. The summed E-state index contributed by atoms with van der Waals surface area (Å²) in [5.41, 5.74) is 4.52. The highest BCUT2D eigenvalue weighted by Gasteiger charge is 2.02. The Kier molecular flexibility index (Phi) is 3.99. The largest absolute Gasteiger partial charge is 0.395 e. The molecule has 1 heterocycles. The van der Waals surface area contributed by atoms with Gasteiger partial charge in [0.2, 0.25) is 0 Å². The van der Waals surface area contributed by atoms with E-state index in [2.05, 4.69) is 37.4 Å². The molecule has 0 spiro atoms. The Morgan fingerprint density at radius 2 is 2.06 bits per heavy atom. The molecule has 18 heavy (non-hydrogen) atoms. The molecule has 0 aliphatic carbocycles. The number of aromatic nitrogens is 1. The molecular weight excluding hydrogens is 244 g/mol. The fraction of sp³-hybridized carbons (Fsp3) is 0.357. The summed E-state index contributed by atoms with van der Waals surface area (Å²) in [5.74, 6) is 0. The Hall–Kier alpha value is -1.39. The first-order valence-electron chi connectivity index (χ1n) is 5.99.